The van der Waals surface area contributed by atoms with Gasteiger partial charge in [-0.2, -0.15) is 5.10 Å². The van der Waals surface area contributed by atoms with Gasteiger partial charge in [0.25, 0.3) is 0 Å². The number of aromatic nitrogens is 4. The fourth-order valence-corrected chi connectivity index (χ4v) is 3.81. The van der Waals surface area contributed by atoms with Crippen LogP contribution >= 0.6 is 0 Å². The molecule has 4 rings (SSSR count). The number of likely N-dealkylation sites (tertiary alicyclic amines) is 1. The first kappa shape index (κ1) is 16.3. The Bertz CT molecular complexity index is 852. The highest BCUT2D eigenvalue weighted by molar-refractivity contribution is 5.93. The van der Waals surface area contributed by atoms with E-state index in [-0.39, 0.29) is 12.6 Å². The van der Waals surface area contributed by atoms with Crippen LogP contribution in [-0.2, 0) is 6.54 Å². The number of H-pyrrole nitrogens is 1. The minimum absolute atomic E-state index is 0.0696. The first-order chi connectivity index (χ1) is 12.3. The third-order valence-corrected chi connectivity index (χ3v) is 5.16. The largest absolute Gasteiger partial charge is 0.394 e. The van der Waals surface area contributed by atoms with Crippen molar-refractivity contribution >= 4 is 10.9 Å². The number of hydrogen-bond donors (Lipinski definition) is 2. The number of benzene rings is 1. The maximum absolute atomic E-state index is 9.47. The zero-order valence-corrected chi connectivity index (χ0v) is 14.6. The van der Waals surface area contributed by atoms with E-state index < -0.39 is 0 Å². The van der Waals surface area contributed by atoms with E-state index in [0.29, 0.717) is 6.54 Å². The Balaban J connectivity index is 1.77. The molecule has 0 saturated carbocycles. The van der Waals surface area contributed by atoms with Crippen LogP contribution < -0.4 is 0 Å². The lowest BCUT2D eigenvalue weighted by atomic mass is 10.1. The van der Waals surface area contributed by atoms with E-state index in [1.54, 1.807) is 0 Å². The summed E-state index contributed by atoms with van der Waals surface area (Å²) in [6, 6.07) is 8.46. The highest BCUT2D eigenvalue weighted by Crippen LogP contribution is 2.31. The maximum atomic E-state index is 9.47. The van der Waals surface area contributed by atoms with Crippen LogP contribution in [0.2, 0.25) is 0 Å². The van der Waals surface area contributed by atoms with Gasteiger partial charge in [-0.05, 0) is 32.5 Å². The van der Waals surface area contributed by atoms with Crippen LogP contribution in [-0.4, -0.2) is 50.0 Å². The summed E-state index contributed by atoms with van der Waals surface area (Å²) in [5.41, 5.74) is 2.11. The third-order valence-electron chi connectivity index (χ3n) is 5.16. The Labute approximate surface area is 147 Å². The van der Waals surface area contributed by atoms with Crippen LogP contribution in [0.15, 0.2) is 30.5 Å². The van der Waals surface area contributed by atoms with E-state index in [2.05, 4.69) is 29.1 Å². The Kier molecular flexibility index (Phi) is 4.55. The van der Waals surface area contributed by atoms with Gasteiger partial charge in [-0.3, -0.25) is 4.90 Å². The fraction of sp³-hybridized carbons (Fsp3) is 0.474. The van der Waals surface area contributed by atoms with Crippen molar-refractivity contribution in [1.82, 2.24) is 24.6 Å². The molecule has 0 spiro atoms. The van der Waals surface area contributed by atoms with Gasteiger partial charge in [0.15, 0.2) is 5.82 Å². The number of para-hydroxylation sites is 1. The molecule has 6 heteroatoms. The van der Waals surface area contributed by atoms with Crippen LogP contribution in [0.25, 0.3) is 22.3 Å². The molecular formula is C19H25N5O. The quantitative estimate of drug-likeness (QED) is 0.767. The predicted molar refractivity (Wildman–Crippen MR) is 98.2 cm³/mol. The molecule has 132 valence electrons. The van der Waals surface area contributed by atoms with Gasteiger partial charge in [0, 0.05) is 22.7 Å². The molecule has 3 aromatic rings. The predicted octanol–water partition coefficient (Wildman–Crippen LogP) is 2.97. The van der Waals surface area contributed by atoms with Gasteiger partial charge in [0.1, 0.15) is 5.82 Å². The highest BCUT2D eigenvalue weighted by Gasteiger charge is 2.26. The number of aliphatic hydroxyl groups is 1. The number of hydrogen-bond acceptors (Lipinski definition) is 4. The van der Waals surface area contributed by atoms with E-state index in [4.69, 9.17) is 10.1 Å². The average molecular weight is 339 g/mol. The molecule has 0 aliphatic carbocycles. The lowest BCUT2D eigenvalue weighted by Crippen LogP contribution is -2.27. The van der Waals surface area contributed by atoms with Gasteiger partial charge in [-0.25, -0.2) is 9.67 Å². The summed E-state index contributed by atoms with van der Waals surface area (Å²) in [5.74, 6) is 1.71. The van der Waals surface area contributed by atoms with Crippen LogP contribution in [0.1, 0.15) is 37.5 Å². The second-order valence-electron chi connectivity index (χ2n) is 6.83. The minimum atomic E-state index is 0.0696. The maximum Gasteiger partial charge on any atom is 0.183 e. The number of aliphatic hydroxyl groups excluding tert-OH is 1. The molecule has 25 heavy (non-hydrogen) atoms. The van der Waals surface area contributed by atoms with Crippen molar-refractivity contribution in [3.63, 3.8) is 0 Å². The molecule has 6 nitrogen and oxygen atoms in total. The summed E-state index contributed by atoms with van der Waals surface area (Å²) in [6.07, 6.45) is 6.78. The van der Waals surface area contributed by atoms with Crippen molar-refractivity contribution in [3.8, 4) is 11.4 Å². The second-order valence-corrected chi connectivity index (χ2v) is 6.83. The van der Waals surface area contributed by atoms with Gasteiger partial charge < -0.3 is 10.1 Å². The number of rotatable bonds is 4. The highest BCUT2D eigenvalue weighted by atomic mass is 16.3. The van der Waals surface area contributed by atoms with Crippen molar-refractivity contribution < 1.29 is 5.11 Å². The Morgan fingerprint density at radius 2 is 2.12 bits per heavy atom. The summed E-state index contributed by atoms with van der Waals surface area (Å²) < 4.78 is 1.89. The van der Waals surface area contributed by atoms with Crippen LogP contribution in [0.3, 0.4) is 0 Å². The topological polar surface area (TPSA) is 70.0 Å². The molecule has 1 aromatic carbocycles. The lowest BCUT2D eigenvalue weighted by Gasteiger charge is -2.24. The van der Waals surface area contributed by atoms with Crippen molar-refractivity contribution in [2.45, 2.75) is 38.3 Å². The molecule has 0 unspecified atom stereocenters. The summed E-state index contributed by atoms with van der Waals surface area (Å²) in [5, 5.41) is 15.3. The number of fused-ring (bicyclic) bond motifs is 1. The Morgan fingerprint density at radius 1 is 1.24 bits per heavy atom. The van der Waals surface area contributed by atoms with Crippen LogP contribution in [0.5, 0.6) is 0 Å². The monoisotopic (exact) mass is 339 g/mol. The molecule has 0 amide bonds. The van der Waals surface area contributed by atoms with Gasteiger partial charge in [-0.1, -0.05) is 31.0 Å². The molecule has 3 heterocycles. The molecule has 0 radical (unpaired) electrons. The van der Waals surface area contributed by atoms with Crippen LogP contribution in [0, 0.1) is 0 Å². The van der Waals surface area contributed by atoms with Gasteiger partial charge in [0.05, 0.1) is 19.2 Å². The normalized spacial score (nSPS) is 19.4. The van der Waals surface area contributed by atoms with E-state index in [1.807, 2.05) is 23.0 Å². The molecule has 1 saturated heterocycles. The van der Waals surface area contributed by atoms with E-state index >= 15 is 0 Å². The number of aromatic amines is 1. The smallest absolute Gasteiger partial charge is 0.183 e. The zero-order chi connectivity index (χ0) is 17.2. The zero-order valence-electron chi connectivity index (χ0n) is 14.6. The summed E-state index contributed by atoms with van der Waals surface area (Å²) in [4.78, 5) is 10.6. The molecule has 1 aliphatic rings. The summed E-state index contributed by atoms with van der Waals surface area (Å²) >= 11 is 0. The van der Waals surface area contributed by atoms with Gasteiger partial charge in [-0.15, -0.1) is 0 Å². The third kappa shape index (κ3) is 3.07. The van der Waals surface area contributed by atoms with Crippen molar-refractivity contribution in [2.75, 3.05) is 20.2 Å². The summed E-state index contributed by atoms with van der Waals surface area (Å²) in [6.45, 7) is 1.63. The Hall–Kier alpha value is -2.18. The summed E-state index contributed by atoms with van der Waals surface area (Å²) in [7, 11) is 2.17. The fourth-order valence-electron chi connectivity index (χ4n) is 3.81. The molecule has 0 bridgehead atoms. The first-order valence-electron chi connectivity index (χ1n) is 9.10. The number of nitrogens with zero attached hydrogens (tertiary/aromatic N) is 4. The van der Waals surface area contributed by atoms with Gasteiger partial charge in [0.2, 0.25) is 0 Å². The molecule has 1 aliphatic heterocycles. The van der Waals surface area contributed by atoms with E-state index in [9.17, 15) is 5.11 Å². The average Bonchev–Trinajstić information content (AvgIpc) is 3.16. The molecule has 2 aromatic heterocycles. The minimum Gasteiger partial charge on any atom is -0.394 e. The van der Waals surface area contributed by atoms with Crippen molar-refractivity contribution in [1.29, 1.82) is 0 Å². The lowest BCUT2D eigenvalue weighted by molar-refractivity contribution is 0.221. The number of nitrogens with one attached hydrogen (secondary N) is 1. The van der Waals surface area contributed by atoms with Crippen molar-refractivity contribution in [3.05, 3.63) is 36.3 Å². The SMILES string of the molecule is CN1CCCCC[C@@H]1c1nc(-c2c[nH]c3ccccc23)nn1CCO. The van der Waals surface area contributed by atoms with E-state index in [0.717, 1.165) is 41.1 Å². The van der Waals surface area contributed by atoms with Crippen molar-refractivity contribution in [2.24, 2.45) is 0 Å². The first-order valence-corrected chi connectivity index (χ1v) is 9.10. The molecule has 2 N–H and O–H groups in total. The standard InChI is InChI=1S/C19H25N5O/c1-23-10-6-2-3-9-17(23)19-21-18(22-24(19)11-12-25)15-13-20-16-8-5-4-7-14(15)16/h4-5,7-8,13,17,20,25H,2-3,6,9-12H2,1H3/t17-/m1/s1. The Morgan fingerprint density at radius 3 is 3.00 bits per heavy atom. The van der Waals surface area contributed by atoms with Crippen LogP contribution in [0.4, 0.5) is 0 Å². The van der Waals surface area contributed by atoms with E-state index in [1.165, 1.54) is 19.3 Å². The molecule has 1 atom stereocenters. The van der Waals surface area contributed by atoms with Gasteiger partial charge >= 0.3 is 0 Å². The molecular weight excluding hydrogens is 314 g/mol. The molecule has 1 fully saturated rings. The second kappa shape index (κ2) is 6.98.